The van der Waals surface area contributed by atoms with E-state index in [-0.39, 0.29) is 0 Å². The smallest absolute Gasteiger partial charge is 0.151 e. The molecule has 0 saturated carbocycles. The van der Waals surface area contributed by atoms with E-state index in [1.807, 2.05) is 72.8 Å². The molecule has 258 valence electrons. The Morgan fingerprint density at radius 2 is 0.685 bits per heavy atom. The summed E-state index contributed by atoms with van der Waals surface area (Å²) in [5.74, 6) is 3.34. The zero-order valence-electron chi connectivity index (χ0n) is 29.9. The molecule has 0 spiro atoms. The summed E-state index contributed by atoms with van der Waals surface area (Å²) in [5.41, 5.74) is 14.8. The number of anilines is 6. The number of rotatable bonds is 5. The molecule has 2 aliphatic rings. The van der Waals surface area contributed by atoms with Crippen molar-refractivity contribution in [1.29, 1.82) is 0 Å². The Bertz CT molecular complexity index is 2430. The van der Waals surface area contributed by atoms with Gasteiger partial charge in [0.25, 0.3) is 0 Å². The molecule has 5 nitrogen and oxygen atoms in total. The highest BCUT2D eigenvalue weighted by molar-refractivity contribution is 5.88. The summed E-state index contributed by atoms with van der Waals surface area (Å²) < 4.78 is 12.5. The third-order valence-corrected chi connectivity index (χ3v) is 10.1. The molecule has 0 fully saturated rings. The summed E-state index contributed by atoms with van der Waals surface area (Å²) in [7, 11) is 0. The number of fused-ring (bicyclic) bond motifs is 4. The number of hydrogen-bond acceptors (Lipinski definition) is 5. The molecule has 0 unspecified atom stereocenters. The maximum Gasteiger partial charge on any atom is 0.151 e. The summed E-state index contributed by atoms with van der Waals surface area (Å²) in [6.07, 6.45) is 0. The summed E-state index contributed by atoms with van der Waals surface area (Å²) in [6.45, 7) is 4.31. The molecular weight excluding hydrogens is 663 g/mol. The number of aryl methyl sites for hydroxylation is 2. The normalized spacial score (nSPS) is 12.5. The highest BCUT2D eigenvalue weighted by Crippen LogP contribution is 2.51. The van der Waals surface area contributed by atoms with Crippen LogP contribution in [0.25, 0.3) is 33.6 Å². The van der Waals surface area contributed by atoms with E-state index in [1.165, 1.54) is 16.7 Å². The van der Waals surface area contributed by atoms with Crippen molar-refractivity contribution in [3.63, 3.8) is 0 Å². The molecule has 0 saturated heterocycles. The maximum atomic E-state index is 6.26. The molecule has 10 rings (SSSR count). The van der Waals surface area contributed by atoms with Crippen LogP contribution in [-0.4, -0.2) is 4.98 Å². The SMILES string of the molecule is Cc1cc(C)cc(-c2cc(-c3ccc(N4c5ccccc5Oc5ccccc54)cc3)nc(-c3ccc(N4c5ccccc5Oc5ccccc54)cc3)c2)c1. The van der Waals surface area contributed by atoms with Crippen molar-refractivity contribution >= 4 is 34.1 Å². The fourth-order valence-corrected chi connectivity index (χ4v) is 7.66. The fourth-order valence-electron chi connectivity index (χ4n) is 7.66. The Morgan fingerprint density at radius 3 is 1.06 bits per heavy atom. The van der Waals surface area contributed by atoms with E-state index in [1.54, 1.807) is 0 Å². The lowest BCUT2D eigenvalue weighted by atomic mass is 9.97. The van der Waals surface area contributed by atoms with Gasteiger partial charge in [0.1, 0.15) is 0 Å². The molecule has 5 heteroatoms. The molecule has 3 heterocycles. The van der Waals surface area contributed by atoms with Crippen molar-refractivity contribution in [2.75, 3.05) is 9.80 Å². The molecule has 1 aromatic heterocycles. The van der Waals surface area contributed by atoms with Crippen molar-refractivity contribution in [2.24, 2.45) is 0 Å². The summed E-state index contributed by atoms with van der Waals surface area (Å²) >= 11 is 0. The van der Waals surface area contributed by atoms with Crippen molar-refractivity contribution in [3.05, 3.63) is 187 Å². The molecule has 54 heavy (non-hydrogen) atoms. The van der Waals surface area contributed by atoms with E-state index < -0.39 is 0 Å². The second kappa shape index (κ2) is 12.8. The second-order valence-corrected chi connectivity index (χ2v) is 13.8. The van der Waals surface area contributed by atoms with E-state index in [2.05, 4.69) is 127 Å². The Labute approximate surface area is 315 Å². The predicted octanol–water partition coefficient (Wildman–Crippen LogP) is 13.9. The molecule has 0 N–H and O–H groups in total. The molecule has 8 aromatic rings. The van der Waals surface area contributed by atoms with Crippen molar-refractivity contribution < 1.29 is 9.47 Å². The third kappa shape index (κ3) is 5.54. The highest BCUT2D eigenvalue weighted by Gasteiger charge is 2.27. The molecule has 0 aliphatic carbocycles. The quantitative estimate of drug-likeness (QED) is 0.179. The number of nitrogens with zero attached hydrogens (tertiary/aromatic N) is 3. The fraction of sp³-hybridized carbons (Fsp3) is 0.0408. The summed E-state index contributed by atoms with van der Waals surface area (Å²) in [5, 5.41) is 0. The minimum absolute atomic E-state index is 0.834. The minimum atomic E-state index is 0.834. The van der Waals surface area contributed by atoms with Gasteiger partial charge in [-0.2, -0.15) is 0 Å². The van der Waals surface area contributed by atoms with E-state index in [0.717, 1.165) is 85.2 Å². The van der Waals surface area contributed by atoms with Crippen LogP contribution in [0.1, 0.15) is 11.1 Å². The average molecular weight is 698 g/mol. The highest BCUT2D eigenvalue weighted by atomic mass is 16.5. The first-order chi connectivity index (χ1) is 26.6. The van der Waals surface area contributed by atoms with Gasteiger partial charge in [-0.15, -0.1) is 0 Å². The number of hydrogen-bond donors (Lipinski definition) is 0. The number of benzene rings is 7. The number of para-hydroxylation sites is 8. The predicted molar refractivity (Wildman–Crippen MR) is 220 cm³/mol. The molecule has 2 aliphatic heterocycles. The van der Waals surface area contributed by atoms with Gasteiger partial charge in [0.05, 0.1) is 34.1 Å². The first-order valence-electron chi connectivity index (χ1n) is 18.2. The van der Waals surface area contributed by atoms with Crippen molar-refractivity contribution in [1.82, 2.24) is 4.98 Å². The van der Waals surface area contributed by atoms with Gasteiger partial charge in [-0.25, -0.2) is 4.98 Å². The summed E-state index contributed by atoms with van der Waals surface area (Å²) in [4.78, 5) is 9.82. The molecule has 0 radical (unpaired) electrons. The van der Waals surface area contributed by atoms with Crippen LogP contribution in [0.4, 0.5) is 34.1 Å². The molecule has 7 aromatic carbocycles. The number of ether oxygens (including phenoxy) is 2. The monoisotopic (exact) mass is 697 g/mol. The van der Waals surface area contributed by atoms with Crippen LogP contribution in [-0.2, 0) is 0 Å². The van der Waals surface area contributed by atoms with E-state index in [0.29, 0.717) is 0 Å². The van der Waals surface area contributed by atoms with E-state index >= 15 is 0 Å². The van der Waals surface area contributed by atoms with Gasteiger partial charge in [-0.1, -0.05) is 102 Å². The van der Waals surface area contributed by atoms with Gasteiger partial charge in [-0.05, 0) is 110 Å². The van der Waals surface area contributed by atoms with Crippen LogP contribution in [0.3, 0.4) is 0 Å². The Morgan fingerprint density at radius 1 is 0.352 bits per heavy atom. The van der Waals surface area contributed by atoms with Crippen LogP contribution in [0.15, 0.2) is 176 Å². The minimum Gasteiger partial charge on any atom is -0.453 e. The van der Waals surface area contributed by atoms with Gasteiger partial charge < -0.3 is 19.3 Å². The zero-order chi connectivity index (χ0) is 36.2. The summed E-state index contributed by atoms with van der Waals surface area (Å²) in [6, 6.07) is 61.2. The second-order valence-electron chi connectivity index (χ2n) is 13.8. The zero-order valence-corrected chi connectivity index (χ0v) is 29.9. The van der Waals surface area contributed by atoms with Gasteiger partial charge in [0, 0.05) is 22.5 Å². The lowest BCUT2D eigenvalue weighted by molar-refractivity contribution is 0.477. The molecule has 0 amide bonds. The van der Waals surface area contributed by atoms with Crippen LogP contribution >= 0.6 is 0 Å². The maximum absolute atomic E-state index is 6.26. The Kier molecular flexibility index (Phi) is 7.51. The van der Waals surface area contributed by atoms with E-state index in [4.69, 9.17) is 14.5 Å². The molecular formula is C49H35N3O2. The molecule has 0 atom stereocenters. The van der Waals surface area contributed by atoms with Gasteiger partial charge in [-0.3, -0.25) is 0 Å². The average Bonchev–Trinajstić information content (AvgIpc) is 3.21. The Hall–Kier alpha value is -7.11. The van der Waals surface area contributed by atoms with Gasteiger partial charge in [0.2, 0.25) is 0 Å². The van der Waals surface area contributed by atoms with Gasteiger partial charge in [0.15, 0.2) is 23.0 Å². The van der Waals surface area contributed by atoms with Crippen LogP contribution in [0.2, 0.25) is 0 Å². The van der Waals surface area contributed by atoms with Crippen LogP contribution < -0.4 is 19.3 Å². The number of aromatic nitrogens is 1. The first kappa shape index (κ1) is 31.6. The standard InChI is InChI=1S/C49H35N3O2/c1-32-27-33(2)29-36(28-32)37-30-40(34-19-23-38(24-20-34)51-42-11-3-7-15-46(42)53-47-16-8-4-12-43(47)51)50-41(31-37)35-21-25-39(26-22-35)52-44-13-5-9-17-48(44)54-49-18-10-6-14-45(49)52/h3-31H,1-2H3. The van der Waals surface area contributed by atoms with E-state index in [9.17, 15) is 0 Å². The van der Waals surface area contributed by atoms with Crippen molar-refractivity contribution in [2.45, 2.75) is 13.8 Å². The Balaban J connectivity index is 1.05. The number of pyridine rings is 1. The largest absolute Gasteiger partial charge is 0.453 e. The topological polar surface area (TPSA) is 37.8 Å². The van der Waals surface area contributed by atoms with Gasteiger partial charge >= 0.3 is 0 Å². The first-order valence-corrected chi connectivity index (χ1v) is 18.2. The van der Waals surface area contributed by atoms with Crippen molar-refractivity contribution in [3.8, 4) is 56.6 Å². The lowest BCUT2D eigenvalue weighted by Gasteiger charge is -2.32. The lowest BCUT2D eigenvalue weighted by Crippen LogP contribution is -2.15. The van der Waals surface area contributed by atoms with Crippen LogP contribution in [0, 0.1) is 13.8 Å². The third-order valence-electron chi connectivity index (χ3n) is 10.1. The van der Waals surface area contributed by atoms with Crippen LogP contribution in [0.5, 0.6) is 23.0 Å². The molecule has 0 bridgehead atoms.